The smallest absolute Gasteiger partial charge is 0.383 e. The van der Waals surface area contributed by atoms with E-state index in [1.165, 1.54) is 77.4 Å². The van der Waals surface area contributed by atoms with E-state index in [2.05, 4.69) is 9.47 Å². The zero-order chi connectivity index (χ0) is 112. The number of nitrogens with zero attached hydrogens (tertiary/aromatic N) is 6. The fourth-order valence-corrected chi connectivity index (χ4v) is 11.9. The van der Waals surface area contributed by atoms with Crippen molar-refractivity contribution in [3.8, 4) is 22.3 Å². The number of aromatic nitrogens is 2. The average molecular weight is 1530 g/mol. The maximum Gasteiger partial charge on any atom is 0.416 e. The molecule has 0 bridgehead atoms. The van der Waals surface area contributed by atoms with E-state index in [0.29, 0.717) is 15.7 Å². The van der Waals surface area contributed by atoms with Crippen molar-refractivity contribution in [3.05, 3.63) is 270 Å². The van der Waals surface area contributed by atoms with Crippen molar-refractivity contribution in [2.24, 2.45) is 0 Å². The molecule has 2 fully saturated rings. The molecule has 0 spiro atoms. The largest absolute Gasteiger partial charge is 0.416 e. The van der Waals surface area contributed by atoms with Crippen molar-refractivity contribution in [1.29, 1.82) is 0 Å². The van der Waals surface area contributed by atoms with E-state index in [9.17, 15) is 62.8 Å². The fraction of sp³-hybridized carbons (Fsp3) is 0.309. The zero-order valence-corrected chi connectivity index (χ0v) is 55.3. The number of para-hydroxylation sites is 2. The first-order chi connectivity index (χ1) is 67.2. The highest BCUT2D eigenvalue weighted by molar-refractivity contribution is 7.98. The van der Waals surface area contributed by atoms with E-state index in [0.717, 1.165) is 43.0 Å². The van der Waals surface area contributed by atoms with Gasteiger partial charge in [0.25, 0.3) is 0 Å². The molecule has 0 unspecified atom stereocenters. The minimum absolute atomic E-state index is 0.0101. The van der Waals surface area contributed by atoms with Gasteiger partial charge in [0.1, 0.15) is 13.1 Å². The van der Waals surface area contributed by atoms with Gasteiger partial charge in [0.05, 0.1) is 82.3 Å². The van der Waals surface area contributed by atoms with E-state index < -0.39 is 344 Å². The third kappa shape index (κ3) is 19.3. The number of halogens is 10. The molecular weight excluding hydrogens is 1410 g/mol. The van der Waals surface area contributed by atoms with Crippen LogP contribution >= 0.6 is 23.5 Å². The Labute approximate surface area is 670 Å². The molecule has 2 saturated heterocycles. The molecule has 2 aliphatic rings. The van der Waals surface area contributed by atoms with Crippen LogP contribution in [0.1, 0.15) is 123 Å². The number of hydrogen-bond acceptors (Lipinski definition) is 10. The molecule has 0 atom stereocenters. The number of hydrogen-bond donors (Lipinski definition) is 0. The summed E-state index contributed by atoms with van der Waals surface area (Å²) in [6, 6.07) is -9.10. The van der Waals surface area contributed by atoms with Crippen molar-refractivity contribution in [2.45, 2.75) is 105 Å². The number of piperidine rings is 2. The van der Waals surface area contributed by atoms with E-state index in [1.54, 1.807) is 0 Å². The van der Waals surface area contributed by atoms with Gasteiger partial charge >= 0.3 is 12.4 Å². The molecule has 105 heavy (non-hydrogen) atoms. The molecule has 10 aromatic rings. The minimum atomic E-state index is -5.50. The molecule has 550 valence electrons. The highest BCUT2D eigenvalue weighted by atomic mass is 32.2. The standard InChI is InChI=1S/C41H40F5N3O3S.C40H38F5N3O3S/c1-27-22-29(28-12-14-32(15-13-28)41(44,45)46)10-11-30(27)24-48(33-16-18-47(19-17-33)20-21-52-2)38(51)25-49-36-9-4-3-7-34(36)37(50)23-39(49)53-26-31-6-5-8-35(42)40(31)43;1-51-22-21-46-19-17-32(18-20-46)47(24-27-9-11-28(12-10-27)29-13-15-31(16-14-29)40(43,44)45)37(50)25-48-35-8-3-2-6-33(35)36(49)23-38(48)52-26-30-5-4-7-34(41)39(30)42/h3-15,22-23,33H,16-21,24-26H2,1-2H3;2-16,23,32H,17-22,24-26H2,1H3/i2D3,3D,4D,5D,6D,7D,8D,9D,10D,11D,12D,13D,14D,15D,16D2,17D2,18D2,19D2,21D2,22D,23D,33D;1D3,17D2,18D2,19D2,20D2,22D2,32D. The summed E-state index contributed by atoms with van der Waals surface area (Å²) in [4.78, 5) is 57.2. The second kappa shape index (κ2) is 34.9. The molecule has 0 saturated carbocycles. The lowest BCUT2D eigenvalue weighted by molar-refractivity contribution is -0.138. The maximum absolute atomic E-state index is 15.7. The normalized spacial score (nSPS) is 25.1. The topological polar surface area (TPSA) is 110 Å². The summed E-state index contributed by atoms with van der Waals surface area (Å²) in [5.41, 5.74) is -10.8. The van der Waals surface area contributed by atoms with Gasteiger partial charge in [-0.15, -0.1) is 23.5 Å². The van der Waals surface area contributed by atoms with Crippen LogP contribution in [0.15, 0.2) is 207 Å². The number of alkyl halides is 6. The predicted molar refractivity (Wildman–Crippen MR) is 391 cm³/mol. The Bertz CT molecular complexity index is 6960. The van der Waals surface area contributed by atoms with Crippen LogP contribution in [0.5, 0.6) is 0 Å². The summed E-state index contributed by atoms with van der Waals surface area (Å²) in [5, 5.41) is -2.16. The summed E-state index contributed by atoms with van der Waals surface area (Å²) in [7, 11) is -7.18. The first kappa shape index (κ1) is 39.0. The zero-order valence-electron chi connectivity index (χ0n) is 96.6. The van der Waals surface area contributed by atoms with Crippen LogP contribution in [0.25, 0.3) is 44.1 Å². The van der Waals surface area contributed by atoms with Crippen LogP contribution in [0.3, 0.4) is 0 Å². The van der Waals surface area contributed by atoms with Gasteiger partial charge in [0.15, 0.2) is 34.1 Å². The maximum atomic E-state index is 15.7. The Hall–Kier alpha value is -9.04. The van der Waals surface area contributed by atoms with Crippen molar-refractivity contribution in [1.82, 2.24) is 28.7 Å². The van der Waals surface area contributed by atoms with E-state index in [1.807, 2.05) is 0 Å². The van der Waals surface area contributed by atoms with Crippen molar-refractivity contribution in [3.63, 3.8) is 0 Å². The van der Waals surface area contributed by atoms with Gasteiger partial charge in [-0.1, -0.05) is 115 Å². The number of ether oxygens (including phenoxy) is 2. The van der Waals surface area contributed by atoms with Crippen LogP contribution in [0.2, 0.25) is 0 Å². The molecule has 0 radical (unpaired) electrons. The molecule has 12 nitrogen and oxygen atoms in total. The highest BCUT2D eigenvalue weighted by Gasteiger charge is 2.34. The molecule has 12 rings (SSSR count). The van der Waals surface area contributed by atoms with Gasteiger partial charge in [0.2, 0.25) is 11.8 Å². The molecule has 2 amide bonds. The predicted octanol–water partition coefficient (Wildman–Crippen LogP) is 17.1. The van der Waals surface area contributed by atoms with Crippen molar-refractivity contribution < 1.29 is 122 Å². The van der Waals surface area contributed by atoms with E-state index in [4.69, 9.17) is 45.2 Å². The summed E-state index contributed by atoms with van der Waals surface area (Å²) >= 11 is 0.788. The third-order valence-electron chi connectivity index (χ3n) is 15.2. The van der Waals surface area contributed by atoms with Gasteiger partial charge in [-0.2, -0.15) is 26.3 Å². The third-order valence-corrected chi connectivity index (χ3v) is 17.3. The van der Waals surface area contributed by atoms with Gasteiger partial charge < -0.3 is 38.2 Å². The Balaban J connectivity index is 0.000000288. The van der Waals surface area contributed by atoms with Crippen molar-refractivity contribution >= 4 is 57.1 Å². The molecule has 2 aromatic heterocycles. The van der Waals surface area contributed by atoms with Crippen LogP contribution in [0, 0.1) is 30.2 Å². The first-order valence-corrected chi connectivity index (χ1v) is 32.2. The number of likely N-dealkylation sites (tertiary alicyclic amines) is 2. The number of thioether (sulfide) groups is 2. The van der Waals surface area contributed by atoms with Gasteiger partial charge in [-0.3, -0.25) is 19.2 Å². The van der Waals surface area contributed by atoms with E-state index in [-0.39, 0.29) is 59.3 Å². The lowest BCUT2D eigenvalue weighted by Crippen LogP contribution is -2.48. The number of benzene rings is 8. The SMILES string of the molecule is [2H]C([2H])([2H])OC([2H])([2H])CN1C([2H])([2H])C([2H])([2H])C([2H])(N(Cc2ccc(-c3ccc(C(F)(F)F)cc3)cc2)C(=O)Cn2c(SCc3cccc(F)c3F)cc(=O)c3ccccc32)C([2H])([2H])C1([2H])[2H].[2H]c1c([2H])c(F)c(F)c(CSc2c([2H])c(=O)c3c([2H])c([2H])c([2H])c([2H])c3n2CC(=O)N(Cc2c([2H])c([2H])c(-c3c([2H])c([2H])c(C(F)(F)F)c([2H])c3[2H])c([2H])c2C)C2([2H])C([2H])([2H])C([2H])([2H])N(CC([2H])([2H])OC([2H])([2H])[2H])C([2H])([2H])C2([2H])[2H])c1[2H]. The van der Waals surface area contributed by atoms with Crippen LogP contribution in [-0.2, 0) is 69.1 Å². The number of amides is 2. The second-order valence-corrected chi connectivity index (χ2v) is 23.9. The van der Waals surface area contributed by atoms with Crippen LogP contribution in [0.4, 0.5) is 43.9 Å². The number of rotatable bonds is 24. The summed E-state index contributed by atoms with van der Waals surface area (Å²) < 4.78 is 521. The minimum Gasteiger partial charge on any atom is -0.383 e. The van der Waals surface area contributed by atoms with Crippen molar-refractivity contribution in [2.75, 3.05) is 66.3 Å². The Morgan fingerprint density at radius 3 is 1.74 bits per heavy atom. The summed E-state index contributed by atoms with van der Waals surface area (Å²) in [6.45, 7) is -32.5. The monoisotopic (exact) mass is 1530 g/mol. The molecule has 0 aliphatic carbocycles. The molecule has 24 heteroatoms. The average Bonchev–Trinajstić information content (AvgIpc) is 0.666. The number of carbonyl (C=O) groups excluding carboxylic acids is 2. The molecule has 2 aliphatic heterocycles. The fourth-order valence-electron chi connectivity index (χ4n) is 9.94. The lowest BCUT2D eigenvalue weighted by atomic mass is 9.97. The van der Waals surface area contributed by atoms with Gasteiger partial charge in [-0.05, 0) is 132 Å². The summed E-state index contributed by atoms with van der Waals surface area (Å²) in [5.74, 6) is -11.1. The molecule has 0 N–H and O–H groups in total. The number of carbonyl (C=O) groups is 2. The van der Waals surface area contributed by atoms with E-state index >= 15 is 14.0 Å². The number of fused-ring (bicyclic) bond motifs is 2. The summed E-state index contributed by atoms with van der Waals surface area (Å²) in [6.07, 6.45) is -27.4. The molecule has 8 aromatic carbocycles. The van der Waals surface area contributed by atoms with Gasteiger partial charge in [0, 0.05) is 146 Å². The molecule has 4 heterocycles. The number of pyridine rings is 2. The van der Waals surface area contributed by atoms with Crippen LogP contribution < -0.4 is 10.9 Å². The molecular formula is C81H78F10N6O6S2. The Kier molecular flexibility index (Phi) is 13.0. The second-order valence-electron chi connectivity index (χ2n) is 21.9. The lowest BCUT2D eigenvalue weighted by Gasteiger charge is -2.39. The number of methoxy groups -OCH3 is 2. The quantitative estimate of drug-likeness (QED) is 0.0428. The highest BCUT2D eigenvalue weighted by Crippen LogP contribution is 2.36. The van der Waals surface area contributed by atoms with Crippen LogP contribution in [-0.4, -0.2) is 119 Å². The Morgan fingerprint density at radius 1 is 0.552 bits per heavy atom. The van der Waals surface area contributed by atoms with Gasteiger partial charge in [-0.25, -0.2) is 17.6 Å². The first-order valence-electron chi connectivity index (χ1n) is 51.7. The Morgan fingerprint density at radius 2 is 1.11 bits per heavy atom.